The van der Waals surface area contributed by atoms with Crippen LogP contribution in [0.15, 0.2) is 54.6 Å². The maximum atomic E-state index is 14.6. The molecule has 0 spiro atoms. The molecule has 0 bridgehead atoms. The molecule has 3 atom stereocenters. The number of hydrogen-bond acceptors (Lipinski definition) is 7. The van der Waals surface area contributed by atoms with E-state index in [0.29, 0.717) is 16.9 Å². The van der Waals surface area contributed by atoms with Crippen LogP contribution in [0.1, 0.15) is 91.5 Å². The molecule has 3 amide bonds. The first-order valence-corrected chi connectivity index (χ1v) is 17.1. The van der Waals surface area contributed by atoms with Crippen LogP contribution in [0, 0.1) is 12.3 Å². The summed E-state index contributed by atoms with van der Waals surface area (Å²) in [5.74, 6) is 1.46. The average Bonchev–Trinajstić information content (AvgIpc) is 2.95. The number of terminal acetylenes is 1. The van der Waals surface area contributed by atoms with Crippen molar-refractivity contribution in [1.82, 2.24) is 15.5 Å². The SMILES string of the molecule is C#Cc1ccccc1C(C(=O)NC(Cc1ccccc1)C(=O)OC(C)(C)C)N(C(=O)C(CCSC)NC(=O)OC(C)(C)C)C(C)(C)C. The summed E-state index contributed by atoms with van der Waals surface area (Å²) in [5.41, 5.74) is -0.921. The lowest BCUT2D eigenvalue weighted by Gasteiger charge is -2.43. The van der Waals surface area contributed by atoms with E-state index in [2.05, 4.69) is 16.6 Å². The summed E-state index contributed by atoms with van der Waals surface area (Å²) in [6.45, 7) is 15.9. The summed E-state index contributed by atoms with van der Waals surface area (Å²) in [7, 11) is 0. The van der Waals surface area contributed by atoms with Gasteiger partial charge in [0.1, 0.15) is 29.3 Å². The highest BCUT2D eigenvalue weighted by atomic mass is 32.2. The Bertz CT molecular complexity index is 1420. The Balaban J connectivity index is 2.70. The molecule has 2 aromatic rings. The first-order valence-electron chi connectivity index (χ1n) is 15.7. The predicted molar refractivity (Wildman–Crippen MR) is 188 cm³/mol. The van der Waals surface area contributed by atoms with Crippen LogP contribution in [-0.2, 0) is 30.3 Å². The lowest BCUT2D eigenvalue weighted by Crippen LogP contribution is -2.60. The van der Waals surface area contributed by atoms with Gasteiger partial charge in [0.2, 0.25) is 11.8 Å². The van der Waals surface area contributed by atoms with Gasteiger partial charge in [-0.2, -0.15) is 11.8 Å². The predicted octanol–water partition coefficient (Wildman–Crippen LogP) is 6.05. The van der Waals surface area contributed by atoms with Crippen molar-refractivity contribution in [3.8, 4) is 12.3 Å². The molecule has 0 aromatic heterocycles. The second kappa shape index (κ2) is 16.7. The summed E-state index contributed by atoms with van der Waals surface area (Å²) in [6.07, 6.45) is 7.51. The van der Waals surface area contributed by atoms with Gasteiger partial charge in [0, 0.05) is 17.5 Å². The number of amides is 3. The third-order valence-corrected chi connectivity index (χ3v) is 7.41. The molecule has 0 saturated heterocycles. The zero-order valence-electron chi connectivity index (χ0n) is 29.4. The molecule has 0 heterocycles. The molecule has 0 aliphatic heterocycles. The van der Waals surface area contributed by atoms with Crippen molar-refractivity contribution in [2.24, 2.45) is 0 Å². The van der Waals surface area contributed by atoms with Gasteiger partial charge in [-0.1, -0.05) is 54.5 Å². The second-order valence-corrected chi connectivity index (χ2v) is 15.3. The van der Waals surface area contributed by atoms with E-state index in [1.54, 1.807) is 86.6 Å². The minimum atomic E-state index is -1.27. The summed E-state index contributed by atoms with van der Waals surface area (Å²) in [6, 6.07) is 12.8. The first-order chi connectivity index (χ1) is 21.8. The fourth-order valence-corrected chi connectivity index (χ4v) is 5.36. The molecule has 3 unspecified atom stereocenters. The maximum Gasteiger partial charge on any atom is 0.408 e. The summed E-state index contributed by atoms with van der Waals surface area (Å²) in [4.78, 5) is 57.2. The van der Waals surface area contributed by atoms with Gasteiger partial charge in [-0.25, -0.2) is 9.59 Å². The zero-order valence-corrected chi connectivity index (χ0v) is 30.2. The number of alkyl carbamates (subject to hydrolysis) is 1. The summed E-state index contributed by atoms with van der Waals surface area (Å²) < 4.78 is 11.2. The van der Waals surface area contributed by atoms with Gasteiger partial charge >= 0.3 is 12.1 Å². The number of ether oxygens (including phenoxy) is 2. The molecule has 10 heteroatoms. The largest absolute Gasteiger partial charge is 0.458 e. The lowest BCUT2D eigenvalue weighted by molar-refractivity contribution is -0.159. The normalized spacial score (nSPS) is 13.7. The highest BCUT2D eigenvalue weighted by molar-refractivity contribution is 7.98. The van der Waals surface area contributed by atoms with Crippen molar-refractivity contribution in [3.63, 3.8) is 0 Å². The molecular weight excluding hydrogens is 614 g/mol. The molecule has 256 valence electrons. The molecule has 0 radical (unpaired) electrons. The summed E-state index contributed by atoms with van der Waals surface area (Å²) >= 11 is 1.52. The lowest BCUT2D eigenvalue weighted by atomic mass is 9.92. The molecular formula is C37H51N3O6S. The van der Waals surface area contributed by atoms with E-state index in [4.69, 9.17) is 15.9 Å². The van der Waals surface area contributed by atoms with Gasteiger partial charge in [-0.05, 0) is 97.9 Å². The van der Waals surface area contributed by atoms with Crippen LogP contribution in [0.25, 0.3) is 0 Å². The number of nitrogens with zero attached hydrogens (tertiary/aromatic N) is 1. The van der Waals surface area contributed by atoms with Gasteiger partial charge in [-0.15, -0.1) is 6.42 Å². The standard InChI is InChI=1S/C37H51N3O6S/c1-12-26-20-16-17-21-27(26)30(31(41)38-29(33(43)45-36(5,6)7)24-25-18-14-13-15-19-25)40(35(2,3)4)32(42)28(22-23-47-11)39-34(44)46-37(8,9)10/h1,13-21,28-30H,22-24H2,2-11H3,(H,38,41)(H,39,44). The van der Waals surface area contributed by atoms with Crippen molar-refractivity contribution in [3.05, 3.63) is 71.3 Å². The van der Waals surface area contributed by atoms with Crippen LogP contribution in [0.5, 0.6) is 0 Å². The average molecular weight is 666 g/mol. The molecule has 9 nitrogen and oxygen atoms in total. The zero-order chi connectivity index (χ0) is 35.6. The number of esters is 1. The van der Waals surface area contributed by atoms with E-state index >= 15 is 0 Å². The second-order valence-electron chi connectivity index (χ2n) is 14.3. The third kappa shape index (κ3) is 12.6. The Labute approximate surface area is 284 Å². The molecule has 0 saturated carbocycles. The number of carbonyl (C=O) groups is 4. The Morgan fingerprint density at radius 3 is 1.94 bits per heavy atom. The number of thioether (sulfide) groups is 1. The monoisotopic (exact) mass is 665 g/mol. The molecule has 2 aromatic carbocycles. The van der Waals surface area contributed by atoms with Gasteiger partial charge in [0.15, 0.2) is 0 Å². The Morgan fingerprint density at radius 2 is 1.40 bits per heavy atom. The molecule has 47 heavy (non-hydrogen) atoms. The Hall–Kier alpha value is -3.97. The van der Waals surface area contributed by atoms with Crippen LogP contribution in [0.3, 0.4) is 0 Å². The van der Waals surface area contributed by atoms with Crippen LogP contribution >= 0.6 is 11.8 Å². The number of hydrogen-bond donors (Lipinski definition) is 2. The fourth-order valence-electron chi connectivity index (χ4n) is 4.89. The molecule has 0 aliphatic rings. The number of rotatable bonds is 12. The van der Waals surface area contributed by atoms with Gasteiger partial charge in [0.05, 0.1) is 0 Å². The smallest absolute Gasteiger partial charge is 0.408 e. The van der Waals surface area contributed by atoms with Gasteiger partial charge in [-0.3, -0.25) is 9.59 Å². The molecule has 0 aliphatic carbocycles. The van der Waals surface area contributed by atoms with Gasteiger partial charge in [0.25, 0.3) is 0 Å². The van der Waals surface area contributed by atoms with Crippen LogP contribution in [0.2, 0.25) is 0 Å². The van der Waals surface area contributed by atoms with E-state index < -0.39 is 58.7 Å². The van der Waals surface area contributed by atoms with Crippen molar-refractivity contribution in [2.75, 3.05) is 12.0 Å². The topological polar surface area (TPSA) is 114 Å². The highest BCUT2D eigenvalue weighted by Crippen LogP contribution is 2.32. The van der Waals surface area contributed by atoms with Crippen LogP contribution < -0.4 is 10.6 Å². The maximum absolute atomic E-state index is 14.6. The number of benzene rings is 2. The quantitative estimate of drug-likeness (QED) is 0.210. The first kappa shape index (κ1) is 39.2. The van der Waals surface area contributed by atoms with Crippen molar-refractivity contribution >= 4 is 35.6 Å². The van der Waals surface area contributed by atoms with E-state index in [1.807, 2.05) is 36.6 Å². The van der Waals surface area contributed by atoms with Crippen molar-refractivity contribution in [2.45, 2.75) is 110 Å². The van der Waals surface area contributed by atoms with E-state index in [9.17, 15) is 19.2 Å². The Morgan fingerprint density at radius 1 is 0.830 bits per heavy atom. The van der Waals surface area contributed by atoms with Crippen molar-refractivity contribution in [1.29, 1.82) is 0 Å². The molecule has 0 fully saturated rings. The minimum Gasteiger partial charge on any atom is -0.458 e. The molecule has 2 N–H and O–H groups in total. The number of nitrogens with one attached hydrogen (secondary N) is 2. The van der Waals surface area contributed by atoms with Crippen LogP contribution in [0.4, 0.5) is 4.79 Å². The van der Waals surface area contributed by atoms with E-state index in [-0.39, 0.29) is 12.8 Å². The molecule has 2 rings (SSSR count). The Kier molecular flexibility index (Phi) is 14.0. The van der Waals surface area contributed by atoms with Gasteiger partial charge < -0.3 is 25.0 Å². The van der Waals surface area contributed by atoms with E-state index in [1.165, 1.54) is 16.7 Å². The minimum absolute atomic E-state index is 0.158. The summed E-state index contributed by atoms with van der Waals surface area (Å²) in [5, 5.41) is 5.65. The highest BCUT2D eigenvalue weighted by Gasteiger charge is 2.43. The third-order valence-electron chi connectivity index (χ3n) is 6.77. The van der Waals surface area contributed by atoms with Crippen LogP contribution in [-0.4, -0.2) is 69.6 Å². The number of carbonyl (C=O) groups excluding carboxylic acids is 4. The van der Waals surface area contributed by atoms with Crippen molar-refractivity contribution < 1.29 is 28.7 Å². The van der Waals surface area contributed by atoms with E-state index in [0.717, 1.165) is 5.56 Å². The fraction of sp³-hybridized carbons (Fsp3) is 0.514.